The van der Waals surface area contributed by atoms with Crippen molar-refractivity contribution in [3.8, 4) is 11.4 Å². The van der Waals surface area contributed by atoms with Crippen LogP contribution in [0, 0.1) is 0 Å². The van der Waals surface area contributed by atoms with Crippen LogP contribution in [-0.2, 0) is 12.8 Å². The van der Waals surface area contributed by atoms with E-state index in [-0.39, 0.29) is 5.56 Å². The molecule has 0 spiro atoms. The van der Waals surface area contributed by atoms with Gasteiger partial charge in [0.25, 0.3) is 5.56 Å². The lowest BCUT2D eigenvalue weighted by Crippen LogP contribution is -2.15. The van der Waals surface area contributed by atoms with Gasteiger partial charge in [-0.15, -0.1) is 11.8 Å². The Morgan fingerprint density at radius 1 is 1.22 bits per heavy atom. The smallest absolute Gasteiger partial charge is 0.254 e. The van der Waals surface area contributed by atoms with Crippen LogP contribution < -0.4 is 5.56 Å². The number of nitrogens with one attached hydrogen (secondary N) is 1. The molecule has 3 nitrogen and oxygen atoms in total. The zero-order chi connectivity index (χ0) is 12.5. The number of aromatic nitrogens is 2. The maximum atomic E-state index is 11.9. The predicted octanol–water partition coefficient (Wildman–Crippen LogP) is 2.65. The van der Waals surface area contributed by atoms with Crippen LogP contribution >= 0.6 is 11.8 Å². The Hall–Kier alpha value is -1.55. The van der Waals surface area contributed by atoms with Gasteiger partial charge in [-0.25, -0.2) is 4.98 Å². The van der Waals surface area contributed by atoms with E-state index in [1.807, 2.05) is 30.5 Å². The molecule has 0 saturated heterocycles. The maximum absolute atomic E-state index is 11.9. The topological polar surface area (TPSA) is 45.8 Å². The third-order valence-electron chi connectivity index (χ3n) is 3.30. The Bertz CT molecular complexity index is 631. The van der Waals surface area contributed by atoms with E-state index in [0.29, 0.717) is 5.82 Å². The lowest BCUT2D eigenvalue weighted by molar-refractivity contribution is 0.899. The molecule has 1 N–H and O–H groups in total. The van der Waals surface area contributed by atoms with Crippen molar-refractivity contribution in [2.75, 3.05) is 6.26 Å². The van der Waals surface area contributed by atoms with Crippen molar-refractivity contribution in [2.24, 2.45) is 0 Å². The molecular weight excluding hydrogens is 244 g/mol. The quantitative estimate of drug-likeness (QED) is 0.842. The molecule has 0 bridgehead atoms. The first kappa shape index (κ1) is 11.5. The second kappa shape index (κ2) is 4.61. The highest BCUT2D eigenvalue weighted by molar-refractivity contribution is 7.98. The first-order valence-corrected chi connectivity index (χ1v) is 7.27. The molecule has 1 aromatic carbocycles. The summed E-state index contributed by atoms with van der Waals surface area (Å²) >= 11 is 1.70. The van der Waals surface area contributed by atoms with Crippen molar-refractivity contribution in [3.05, 3.63) is 45.9 Å². The van der Waals surface area contributed by atoms with Gasteiger partial charge in [0.15, 0.2) is 0 Å². The second-order valence-corrected chi connectivity index (χ2v) is 5.30. The molecule has 0 atom stereocenters. The fourth-order valence-electron chi connectivity index (χ4n) is 2.33. The summed E-state index contributed by atoms with van der Waals surface area (Å²) in [5, 5.41) is 0. The van der Waals surface area contributed by atoms with Crippen molar-refractivity contribution >= 4 is 11.8 Å². The van der Waals surface area contributed by atoms with E-state index < -0.39 is 0 Å². The first-order valence-electron chi connectivity index (χ1n) is 6.04. The van der Waals surface area contributed by atoms with Gasteiger partial charge in [0.05, 0.1) is 5.69 Å². The van der Waals surface area contributed by atoms with Crippen LogP contribution in [0.1, 0.15) is 17.7 Å². The minimum absolute atomic E-state index is 0.0291. The van der Waals surface area contributed by atoms with Gasteiger partial charge in [-0.2, -0.15) is 0 Å². The van der Waals surface area contributed by atoms with Crippen LogP contribution in [0.15, 0.2) is 34.0 Å². The second-order valence-electron chi connectivity index (χ2n) is 4.42. The molecule has 0 radical (unpaired) electrons. The monoisotopic (exact) mass is 258 g/mol. The minimum atomic E-state index is 0.0291. The molecule has 1 heterocycles. The number of nitrogens with zero attached hydrogens (tertiary/aromatic N) is 1. The third kappa shape index (κ3) is 1.97. The number of aryl methyl sites for hydroxylation is 1. The summed E-state index contributed by atoms with van der Waals surface area (Å²) in [6.45, 7) is 0. The lowest BCUT2D eigenvalue weighted by atomic mass is 10.2. The predicted molar refractivity (Wildman–Crippen MR) is 74.1 cm³/mol. The van der Waals surface area contributed by atoms with Crippen LogP contribution in [0.2, 0.25) is 0 Å². The molecule has 2 aromatic rings. The summed E-state index contributed by atoms with van der Waals surface area (Å²) in [6, 6.07) is 8.11. The van der Waals surface area contributed by atoms with Crippen LogP contribution in [0.3, 0.4) is 0 Å². The van der Waals surface area contributed by atoms with E-state index in [4.69, 9.17) is 0 Å². The molecule has 1 aliphatic rings. The average Bonchev–Trinajstić information content (AvgIpc) is 2.88. The Morgan fingerprint density at radius 2 is 2.00 bits per heavy atom. The SMILES string of the molecule is CSc1ccc(-c2nc3c(c(=O)[nH]2)CCC3)cc1. The van der Waals surface area contributed by atoms with Crippen molar-refractivity contribution in [3.63, 3.8) is 0 Å². The lowest BCUT2D eigenvalue weighted by Gasteiger charge is -2.04. The van der Waals surface area contributed by atoms with E-state index in [1.54, 1.807) is 11.8 Å². The van der Waals surface area contributed by atoms with E-state index in [0.717, 1.165) is 36.1 Å². The largest absolute Gasteiger partial charge is 0.306 e. The number of hydrogen-bond acceptors (Lipinski definition) is 3. The molecule has 92 valence electrons. The normalized spacial score (nSPS) is 13.6. The zero-order valence-corrected chi connectivity index (χ0v) is 11.0. The zero-order valence-electron chi connectivity index (χ0n) is 10.2. The molecule has 1 aliphatic carbocycles. The first-order chi connectivity index (χ1) is 8.78. The summed E-state index contributed by atoms with van der Waals surface area (Å²) in [4.78, 5) is 20.6. The molecule has 4 heteroatoms. The third-order valence-corrected chi connectivity index (χ3v) is 4.05. The molecule has 3 rings (SSSR count). The maximum Gasteiger partial charge on any atom is 0.254 e. The number of rotatable bonds is 2. The molecule has 0 fully saturated rings. The molecule has 0 amide bonds. The van der Waals surface area contributed by atoms with Crippen LogP contribution in [-0.4, -0.2) is 16.2 Å². The number of benzene rings is 1. The summed E-state index contributed by atoms with van der Waals surface area (Å²) < 4.78 is 0. The number of fused-ring (bicyclic) bond motifs is 1. The van der Waals surface area contributed by atoms with E-state index in [9.17, 15) is 4.79 Å². The van der Waals surface area contributed by atoms with Gasteiger partial charge in [0.1, 0.15) is 5.82 Å². The van der Waals surface area contributed by atoms with Gasteiger partial charge in [-0.1, -0.05) is 12.1 Å². The van der Waals surface area contributed by atoms with Gasteiger partial charge in [-0.3, -0.25) is 4.79 Å². The van der Waals surface area contributed by atoms with E-state index >= 15 is 0 Å². The van der Waals surface area contributed by atoms with Crippen molar-refractivity contribution < 1.29 is 0 Å². The Labute approximate surface area is 110 Å². The highest BCUT2D eigenvalue weighted by atomic mass is 32.2. The van der Waals surface area contributed by atoms with Crippen molar-refractivity contribution in [1.82, 2.24) is 9.97 Å². The van der Waals surface area contributed by atoms with Crippen molar-refractivity contribution in [1.29, 1.82) is 0 Å². The van der Waals surface area contributed by atoms with Gasteiger partial charge >= 0.3 is 0 Å². The minimum Gasteiger partial charge on any atom is -0.306 e. The molecule has 18 heavy (non-hydrogen) atoms. The molecule has 0 saturated carbocycles. The Kier molecular flexibility index (Phi) is 2.96. The van der Waals surface area contributed by atoms with Gasteiger partial charge in [0, 0.05) is 16.0 Å². The van der Waals surface area contributed by atoms with Gasteiger partial charge in [-0.05, 0) is 37.7 Å². The fraction of sp³-hybridized carbons (Fsp3) is 0.286. The molecule has 1 aromatic heterocycles. The Morgan fingerprint density at radius 3 is 2.72 bits per heavy atom. The van der Waals surface area contributed by atoms with Crippen LogP contribution in [0.25, 0.3) is 11.4 Å². The standard InChI is InChI=1S/C14H14N2OS/c1-18-10-7-5-9(6-8-10)13-15-12-4-2-3-11(12)14(17)16-13/h5-8H,2-4H2,1H3,(H,15,16,17). The van der Waals surface area contributed by atoms with Gasteiger partial charge in [0.2, 0.25) is 0 Å². The molecule has 0 aliphatic heterocycles. The Balaban J connectivity index is 2.06. The number of thioether (sulfide) groups is 1. The molecular formula is C14H14N2OS. The van der Waals surface area contributed by atoms with Crippen LogP contribution in [0.4, 0.5) is 0 Å². The highest BCUT2D eigenvalue weighted by Crippen LogP contribution is 2.22. The molecule has 0 unspecified atom stereocenters. The number of H-pyrrole nitrogens is 1. The van der Waals surface area contributed by atoms with E-state index in [1.165, 1.54) is 4.90 Å². The fourth-order valence-corrected chi connectivity index (χ4v) is 2.74. The highest BCUT2D eigenvalue weighted by Gasteiger charge is 2.17. The number of hydrogen-bond donors (Lipinski definition) is 1. The van der Waals surface area contributed by atoms with Gasteiger partial charge < -0.3 is 4.98 Å². The van der Waals surface area contributed by atoms with Crippen LogP contribution in [0.5, 0.6) is 0 Å². The summed E-state index contributed by atoms with van der Waals surface area (Å²) in [7, 11) is 0. The average molecular weight is 258 g/mol. The summed E-state index contributed by atoms with van der Waals surface area (Å²) in [5.41, 5.74) is 2.85. The number of aromatic amines is 1. The van der Waals surface area contributed by atoms with Crippen molar-refractivity contribution in [2.45, 2.75) is 24.2 Å². The summed E-state index contributed by atoms with van der Waals surface area (Å²) in [6.07, 6.45) is 4.88. The van der Waals surface area contributed by atoms with E-state index in [2.05, 4.69) is 9.97 Å². The summed E-state index contributed by atoms with van der Waals surface area (Å²) in [5.74, 6) is 0.688.